The molecule has 8 aromatic carbocycles. The third-order valence-electron chi connectivity index (χ3n) is 12.3. The van der Waals surface area contributed by atoms with Crippen molar-refractivity contribution >= 4 is 43.7 Å². The first-order valence-corrected chi connectivity index (χ1v) is 20.1. The quantitative estimate of drug-likeness (QED) is 0.175. The van der Waals surface area contributed by atoms with Gasteiger partial charge in [-0.2, -0.15) is 0 Å². The summed E-state index contributed by atoms with van der Waals surface area (Å²) in [5.41, 5.74) is 15.2. The first kappa shape index (κ1) is 33.5. The van der Waals surface area contributed by atoms with E-state index in [1.165, 1.54) is 33.0 Å². The second-order valence-electron chi connectivity index (χ2n) is 16.0. The third kappa shape index (κ3) is 5.14. The molecule has 0 aliphatic heterocycles. The number of hydrogen-bond acceptors (Lipinski definition) is 4. The Morgan fingerprint density at radius 2 is 1.02 bits per heavy atom. The predicted octanol–water partition coefficient (Wildman–Crippen LogP) is 13.8. The molecular formula is C54H36N4O. The first-order chi connectivity index (χ1) is 29.0. The van der Waals surface area contributed by atoms with Crippen LogP contribution in [0.4, 0.5) is 0 Å². The van der Waals surface area contributed by atoms with E-state index >= 15 is 0 Å². The van der Waals surface area contributed by atoms with Gasteiger partial charge in [-0.1, -0.05) is 153 Å². The largest absolute Gasteiger partial charge is 0.456 e. The van der Waals surface area contributed by atoms with Gasteiger partial charge in [0.1, 0.15) is 11.2 Å². The molecule has 0 fully saturated rings. The summed E-state index contributed by atoms with van der Waals surface area (Å²) in [5, 5.41) is 4.63. The summed E-state index contributed by atoms with van der Waals surface area (Å²) in [5.74, 6) is 1.91. The molecule has 0 saturated heterocycles. The molecule has 0 spiro atoms. The molecule has 0 N–H and O–H groups in total. The fourth-order valence-corrected chi connectivity index (χ4v) is 9.41. The van der Waals surface area contributed by atoms with Crippen molar-refractivity contribution in [3.05, 3.63) is 193 Å². The predicted molar refractivity (Wildman–Crippen MR) is 241 cm³/mol. The molecular weight excluding hydrogens is 721 g/mol. The minimum absolute atomic E-state index is 0.143. The standard InChI is InChI=1S/C54H36N4O/c1-54(2)44-22-9-6-18-39(44)40-28-27-36(31-45(40)54)53-56-51(33-14-4-3-5-15-33)55-52(57-53)35-16-12-17-37(30-35)58-46-23-10-7-19-41(46)42-29-26-34(32-47(42)58)38-21-13-25-49-50(38)43-20-8-11-24-48(43)59-49/h3-32H,1-2H3. The van der Waals surface area contributed by atoms with Crippen LogP contribution >= 0.6 is 0 Å². The van der Waals surface area contributed by atoms with Crippen LogP contribution in [0.25, 0.3) is 106 Å². The van der Waals surface area contributed by atoms with Crippen LogP contribution in [0.3, 0.4) is 0 Å². The number of rotatable bonds is 5. The van der Waals surface area contributed by atoms with Crippen molar-refractivity contribution < 1.29 is 4.42 Å². The molecule has 278 valence electrons. The molecule has 5 nitrogen and oxygen atoms in total. The number of hydrogen-bond donors (Lipinski definition) is 0. The van der Waals surface area contributed by atoms with Gasteiger partial charge in [0.25, 0.3) is 0 Å². The molecule has 1 aliphatic rings. The molecule has 0 amide bonds. The number of para-hydroxylation sites is 2. The van der Waals surface area contributed by atoms with Crippen LogP contribution in [-0.4, -0.2) is 19.5 Å². The maximum atomic E-state index is 6.29. The van der Waals surface area contributed by atoms with Gasteiger partial charge in [-0.15, -0.1) is 0 Å². The van der Waals surface area contributed by atoms with Gasteiger partial charge in [-0.25, -0.2) is 15.0 Å². The fraction of sp³-hybridized carbons (Fsp3) is 0.0556. The Balaban J connectivity index is 1.03. The highest BCUT2D eigenvalue weighted by molar-refractivity contribution is 6.14. The normalized spacial score (nSPS) is 13.1. The lowest BCUT2D eigenvalue weighted by molar-refractivity contribution is 0.660. The Morgan fingerprint density at radius 3 is 1.88 bits per heavy atom. The van der Waals surface area contributed by atoms with Crippen molar-refractivity contribution in [1.82, 2.24) is 19.5 Å². The van der Waals surface area contributed by atoms with Crippen LogP contribution in [0.15, 0.2) is 186 Å². The van der Waals surface area contributed by atoms with E-state index in [9.17, 15) is 0 Å². The molecule has 0 saturated carbocycles. The van der Waals surface area contributed by atoms with Crippen LogP contribution < -0.4 is 0 Å². The van der Waals surface area contributed by atoms with Crippen LogP contribution in [0.2, 0.25) is 0 Å². The molecule has 0 unspecified atom stereocenters. The molecule has 0 radical (unpaired) electrons. The van der Waals surface area contributed by atoms with Gasteiger partial charge in [0.15, 0.2) is 17.5 Å². The highest BCUT2D eigenvalue weighted by Crippen LogP contribution is 2.49. The summed E-state index contributed by atoms with van der Waals surface area (Å²) in [6.07, 6.45) is 0. The zero-order valence-corrected chi connectivity index (χ0v) is 32.5. The highest BCUT2D eigenvalue weighted by Gasteiger charge is 2.35. The lowest BCUT2D eigenvalue weighted by Crippen LogP contribution is -2.15. The smallest absolute Gasteiger partial charge is 0.164 e. The Morgan fingerprint density at radius 1 is 0.407 bits per heavy atom. The summed E-state index contributed by atoms with van der Waals surface area (Å²) >= 11 is 0. The lowest BCUT2D eigenvalue weighted by Gasteiger charge is -2.21. The maximum Gasteiger partial charge on any atom is 0.164 e. The van der Waals surface area contributed by atoms with E-state index < -0.39 is 0 Å². The highest BCUT2D eigenvalue weighted by atomic mass is 16.3. The molecule has 0 bridgehead atoms. The lowest BCUT2D eigenvalue weighted by atomic mass is 9.82. The average Bonchev–Trinajstić information content (AvgIpc) is 3.91. The monoisotopic (exact) mass is 756 g/mol. The zero-order chi connectivity index (χ0) is 39.2. The van der Waals surface area contributed by atoms with Gasteiger partial charge in [0.05, 0.1) is 11.0 Å². The van der Waals surface area contributed by atoms with E-state index in [4.69, 9.17) is 19.4 Å². The Hall–Kier alpha value is -7.63. The molecule has 3 heterocycles. The van der Waals surface area contributed by atoms with Crippen LogP contribution in [0.5, 0.6) is 0 Å². The van der Waals surface area contributed by atoms with E-state index in [2.05, 4.69) is 170 Å². The molecule has 5 heteroatoms. The van der Waals surface area contributed by atoms with E-state index in [1.807, 2.05) is 30.3 Å². The molecule has 0 atom stereocenters. The summed E-state index contributed by atoms with van der Waals surface area (Å²) in [6, 6.07) is 64.3. The summed E-state index contributed by atoms with van der Waals surface area (Å²) in [7, 11) is 0. The van der Waals surface area contributed by atoms with E-state index in [-0.39, 0.29) is 5.41 Å². The van der Waals surface area contributed by atoms with Crippen LogP contribution in [0, 0.1) is 0 Å². The number of nitrogens with zero attached hydrogens (tertiary/aromatic N) is 4. The minimum atomic E-state index is -0.143. The van der Waals surface area contributed by atoms with Crippen molar-refractivity contribution in [3.8, 4) is 62.1 Å². The molecule has 3 aromatic heterocycles. The van der Waals surface area contributed by atoms with Gasteiger partial charge in [-0.3, -0.25) is 0 Å². The Labute approximate surface area is 340 Å². The zero-order valence-electron chi connectivity index (χ0n) is 32.5. The van der Waals surface area contributed by atoms with Crippen molar-refractivity contribution in [1.29, 1.82) is 0 Å². The Kier molecular flexibility index (Phi) is 7.20. The number of benzene rings is 8. The minimum Gasteiger partial charge on any atom is -0.456 e. The van der Waals surface area contributed by atoms with Gasteiger partial charge in [-0.05, 0) is 75.8 Å². The van der Waals surface area contributed by atoms with Gasteiger partial charge in [0, 0.05) is 49.3 Å². The second kappa shape index (κ2) is 12.7. The van der Waals surface area contributed by atoms with E-state index in [1.54, 1.807) is 0 Å². The number of fused-ring (bicyclic) bond motifs is 9. The summed E-state index contributed by atoms with van der Waals surface area (Å²) in [6.45, 7) is 4.61. The molecule has 11 aromatic rings. The van der Waals surface area contributed by atoms with Crippen molar-refractivity contribution in [3.63, 3.8) is 0 Å². The van der Waals surface area contributed by atoms with Gasteiger partial charge in [0.2, 0.25) is 0 Å². The second-order valence-corrected chi connectivity index (χ2v) is 16.0. The number of furan rings is 1. The Bertz CT molecular complexity index is 3480. The van der Waals surface area contributed by atoms with Crippen LogP contribution in [0.1, 0.15) is 25.0 Å². The molecule has 12 rings (SSSR count). The summed E-state index contributed by atoms with van der Waals surface area (Å²) in [4.78, 5) is 15.5. The van der Waals surface area contributed by atoms with Crippen molar-refractivity contribution in [2.24, 2.45) is 0 Å². The summed E-state index contributed by atoms with van der Waals surface area (Å²) < 4.78 is 8.66. The first-order valence-electron chi connectivity index (χ1n) is 20.1. The third-order valence-corrected chi connectivity index (χ3v) is 12.3. The van der Waals surface area contributed by atoms with E-state index in [0.717, 1.165) is 66.5 Å². The SMILES string of the molecule is CC1(C)c2ccccc2-c2ccc(-c3nc(-c4ccccc4)nc(-c4cccc(-n5c6ccccc6c6ccc(-c7cccc8oc9ccccc9c78)cc65)c4)n3)cc21. The van der Waals surface area contributed by atoms with Crippen molar-refractivity contribution in [2.75, 3.05) is 0 Å². The molecule has 1 aliphatic carbocycles. The number of aromatic nitrogens is 4. The van der Waals surface area contributed by atoms with Crippen molar-refractivity contribution in [2.45, 2.75) is 19.3 Å². The van der Waals surface area contributed by atoms with Gasteiger partial charge >= 0.3 is 0 Å². The van der Waals surface area contributed by atoms with Gasteiger partial charge < -0.3 is 8.98 Å². The van der Waals surface area contributed by atoms with Crippen LogP contribution in [-0.2, 0) is 5.41 Å². The maximum absolute atomic E-state index is 6.29. The van der Waals surface area contributed by atoms with E-state index in [0.29, 0.717) is 17.5 Å². The topological polar surface area (TPSA) is 56.7 Å². The average molecular weight is 757 g/mol. The fourth-order valence-electron chi connectivity index (χ4n) is 9.41. The molecule has 59 heavy (non-hydrogen) atoms.